The quantitative estimate of drug-likeness (QED) is 0.571. The van der Waals surface area contributed by atoms with E-state index in [2.05, 4.69) is 0 Å². The number of hydrogen-bond donors (Lipinski definition) is 0. The molecule has 0 saturated heterocycles. The molecule has 9 heteroatoms. The average Bonchev–Trinajstić information content (AvgIpc) is 1.79. The Morgan fingerprint density at radius 1 is 0.923 bits per heavy atom. The van der Waals surface area contributed by atoms with Gasteiger partial charge in [0.1, 0.15) is 0 Å². The summed E-state index contributed by atoms with van der Waals surface area (Å²) in [6, 6.07) is 0. The van der Waals surface area contributed by atoms with Gasteiger partial charge in [0.15, 0.2) is 0 Å². The molecule has 0 rings (SSSR count). The molecular weight excluding hydrogens is 301 g/mol. The third kappa shape index (κ3) is 9.15. The second kappa shape index (κ2) is 5.07. The number of rotatable bonds is 3. The van der Waals surface area contributed by atoms with Gasteiger partial charge in [0.25, 0.3) is 0 Å². The Hall–Kier alpha value is 0.838. The van der Waals surface area contributed by atoms with Crippen molar-refractivity contribution in [3.05, 3.63) is 0 Å². The molecule has 0 unspecified atom stereocenters. The molecule has 0 radical (unpaired) electrons. The monoisotopic (exact) mass is 306 g/mol. The van der Waals surface area contributed by atoms with E-state index in [9.17, 15) is 26.3 Å². The van der Waals surface area contributed by atoms with Crippen LogP contribution in [0.2, 0.25) is 5.21 Å². The molecule has 0 atom stereocenters. The standard InChI is InChI=1S/C4H5AsF6S2/c1-2-5(12-3(6,7)8)13-4(9,10)11/h2H2,1H3. The molecule has 0 nitrogen and oxygen atoms in total. The van der Waals surface area contributed by atoms with E-state index in [4.69, 9.17) is 0 Å². The molecule has 0 aromatic rings. The molecule has 0 spiro atoms. The fraction of sp³-hybridized carbons (Fsp3) is 1.00. The van der Waals surface area contributed by atoms with Crippen LogP contribution < -0.4 is 0 Å². The van der Waals surface area contributed by atoms with Crippen molar-refractivity contribution in [2.45, 2.75) is 23.1 Å². The van der Waals surface area contributed by atoms with Crippen LogP contribution in [0.25, 0.3) is 0 Å². The summed E-state index contributed by atoms with van der Waals surface area (Å²) in [6.45, 7) is 1.34. The van der Waals surface area contributed by atoms with Crippen LogP contribution in [0.1, 0.15) is 6.92 Å². The molecule has 0 aromatic carbocycles. The van der Waals surface area contributed by atoms with Crippen LogP contribution in [0.4, 0.5) is 26.3 Å². The maximum atomic E-state index is 11.7. The first-order valence-corrected chi connectivity index (χ1v) is 10.4. The zero-order chi connectivity index (χ0) is 10.7. The van der Waals surface area contributed by atoms with Crippen LogP contribution in [-0.2, 0) is 0 Å². The second-order valence-electron chi connectivity index (χ2n) is 1.72. The number of halogens is 6. The van der Waals surface area contributed by atoms with Crippen LogP contribution in [-0.4, -0.2) is 23.4 Å². The van der Waals surface area contributed by atoms with Crippen LogP contribution in [0, 0.1) is 0 Å². The fourth-order valence-electron chi connectivity index (χ4n) is 0.379. The van der Waals surface area contributed by atoms with E-state index in [1.54, 1.807) is 0 Å². The topological polar surface area (TPSA) is 0 Å². The Morgan fingerprint density at radius 3 is 1.38 bits per heavy atom. The van der Waals surface area contributed by atoms with Crippen LogP contribution in [0.5, 0.6) is 0 Å². The molecule has 0 saturated carbocycles. The Balaban J connectivity index is 4.05. The summed E-state index contributed by atoms with van der Waals surface area (Å²) in [5.74, 6) is 0. The van der Waals surface area contributed by atoms with Crippen molar-refractivity contribution >= 4 is 32.4 Å². The third-order valence-electron chi connectivity index (χ3n) is 0.669. The SMILES string of the molecule is CC[As](SC(F)(F)F)SC(F)(F)F. The van der Waals surface area contributed by atoms with E-state index in [1.165, 1.54) is 6.92 Å². The van der Waals surface area contributed by atoms with Crippen molar-refractivity contribution in [2.24, 2.45) is 0 Å². The molecule has 0 aromatic heterocycles. The first kappa shape index (κ1) is 13.8. The molecule has 0 bridgehead atoms. The number of hydrogen-bond acceptors (Lipinski definition) is 2. The summed E-state index contributed by atoms with van der Waals surface area (Å²) in [7, 11) is -0.965. The van der Waals surface area contributed by atoms with Crippen LogP contribution in [0.15, 0.2) is 0 Å². The van der Waals surface area contributed by atoms with E-state index >= 15 is 0 Å². The van der Waals surface area contributed by atoms with E-state index < -0.39 is 43.4 Å². The van der Waals surface area contributed by atoms with E-state index in [-0.39, 0.29) is 5.21 Å². The first-order chi connectivity index (χ1) is 5.64. The van der Waals surface area contributed by atoms with Crippen LogP contribution >= 0.6 is 20.0 Å². The molecular formula is C4H5AsF6S2. The zero-order valence-corrected chi connectivity index (χ0v) is 9.75. The van der Waals surface area contributed by atoms with Crippen molar-refractivity contribution in [1.82, 2.24) is 0 Å². The van der Waals surface area contributed by atoms with Gasteiger partial charge in [0, 0.05) is 0 Å². The van der Waals surface area contributed by atoms with Gasteiger partial charge in [-0.15, -0.1) is 0 Å². The molecule has 0 aliphatic rings. The summed E-state index contributed by atoms with van der Waals surface area (Å²) in [5, 5.41) is -0.0403. The Morgan fingerprint density at radius 2 is 1.23 bits per heavy atom. The Bertz CT molecular complexity index is 138. The molecule has 0 amide bonds. The van der Waals surface area contributed by atoms with Gasteiger partial charge >= 0.3 is 81.9 Å². The van der Waals surface area contributed by atoms with E-state index in [0.717, 1.165) is 0 Å². The molecule has 0 fully saturated rings. The van der Waals surface area contributed by atoms with Crippen molar-refractivity contribution in [2.75, 3.05) is 0 Å². The molecule has 13 heavy (non-hydrogen) atoms. The summed E-state index contributed by atoms with van der Waals surface area (Å²) in [4.78, 5) is 0. The Labute approximate surface area is 82.0 Å². The summed E-state index contributed by atoms with van der Waals surface area (Å²) >= 11 is -2.95. The predicted molar refractivity (Wildman–Crippen MR) is 43.5 cm³/mol. The predicted octanol–water partition coefficient (Wildman–Crippen LogP) is 4.00. The van der Waals surface area contributed by atoms with Crippen LogP contribution in [0.3, 0.4) is 0 Å². The zero-order valence-electron chi connectivity index (χ0n) is 6.24. The molecule has 0 heterocycles. The van der Waals surface area contributed by atoms with Gasteiger partial charge in [0.2, 0.25) is 0 Å². The van der Waals surface area contributed by atoms with Gasteiger partial charge in [-0.1, -0.05) is 0 Å². The average molecular weight is 306 g/mol. The second-order valence-corrected chi connectivity index (χ2v) is 13.8. The maximum absolute atomic E-state index is 11.7. The molecule has 0 N–H and O–H groups in total. The minimum atomic E-state index is -4.55. The minimum absolute atomic E-state index is 0.0403. The first-order valence-electron chi connectivity index (χ1n) is 2.93. The normalized spacial score (nSPS) is 13.8. The van der Waals surface area contributed by atoms with Crippen molar-refractivity contribution in [3.63, 3.8) is 0 Å². The van der Waals surface area contributed by atoms with Gasteiger partial charge in [-0.3, -0.25) is 0 Å². The molecule has 0 aliphatic heterocycles. The van der Waals surface area contributed by atoms with Gasteiger partial charge in [-0.2, -0.15) is 0 Å². The Kier molecular flexibility index (Phi) is 5.40. The molecule has 80 valence electrons. The summed E-state index contributed by atoms with van der Waals surface area (Å²) in [5.41, 5.74) is -9.09. The van der Waals surface area contributed by atoms with Gasteiger partial charge < -0.3 is 0 Å². The van der Waals surface area contributed by atoms with Crippen molar-refractivity contribution in [3.8, 4) is 0 Å². The van der Waals surface area contributed by atoms with Gasteiger partial charge in [0.05, 0.1) is 0 Å². The van der Waals surface area contributed by atoms with Crippen molar-refractivity contribution < 1.29 is 26.3 Å². The molecule has 0 aliphatic carbocycles. The van der Waals surface area contributed by atoms with Crippen molar-refractivity contribution in [1.29, 1.82) is 0 Å². The van der Waals surface area contributed by atoms with Gasteiger partial charge in [-0.25, -0.2) is 0 Å². The van der Waals surface area contributed by atoms with E-state index in [0.29, 0.717) is 0 Å². The fourth-order valence-corrected chi connectivity index (χ4v) is 9.12. The summed E-state index contributed by atoms with van der Waals surface area (Å²) in [6.07, 6.45) is 0. The third-order valence-corrected chi connectivity index (χ3v) is 12.8. The van der Waals surface area contributed by atoms with E-state index in [1.807, 2.05) is 0 Å². The number of alkyl halides is 6. The summed E-state index contributed by atoms with van der Waals surface area (Å²) < 4.78 is 70.1. The van der Waals surface area contributed by atoms with Gasteiger partial charge in [-0.05, 0) is 0 Å².